The van der Waals surface area contributed by atoms with Crippen LogP contribution in [0.4, 0.5) is 13.2 Å². The zero-order valence-electron chi connectivity index (χ0n) is 8.56. The van der Waals surface area contributed by atoms with Crippen LogP contribution in [0.2, 0.25) is 0 Å². The van der Waals surface area contributed by atoms with Gasteiger partial charge in [-0.15, -0.1) is 4.72 Å². The molecule has 0 aromatic heterocycles. The molecule has 1 heterocycles. The van der Waals surface area contributed by atoms with E-state index in [4.69, 9.17) is 0 Å². The Morgan fingerprint density at radius 1 is 1.53 bits per heavy atom. The lowest BCUT2D eigenvalue weighted by Crippen LogP contribution is -2.71. The first-order valence-corrected chi connectivity index (χ1v) is 5.86. The predicted molar refractivity (Wildman–Crippen MR) is 50.6 cm³/mol. The van der Waals surface area contributed by atoms with Crippen LogP contribution in [0, 0.1) is 0 Å². The van der Waals surface area contributed by atoms with E-state index in [1.54, 1.807) is 13.8 Å². The number of alkyl halides is 3. The first-order valence-electron chi connectivity index (χ1n) is 4.65. The van der Waals surface area contributed by atoms with Gasteiger partial charge in [-0.2, -0.15) is 13.2 Å². The summed E-state index contributed by atoms with van der Waals surface area (Å²) in [5, 5.41) is -0.301. The van der Waals surface area contributed by atoms with Crippen LogP contribution in [-0.4, -0.2) is 34.7 Å². The summed E-state index contributed by atoms with van der Waals surface area (Å²) >= 11 is -1.68. The summed E-state index contributed by atoms with van der Waals surface area (Å²) < 4.78 is 56.0. The van der Waals surface area contributed by atoms with Crippen molar-refractivity contribution in [2.24, 2.45) is 0 Å². The fourth-order valence-corrected chi connectivity index (χ4v) is 2.15. The van der Waals surface area contributed by atoms with Crippen LogP contribution >= 0.6 is 0 Å². The normalized spacial score (nSPS) is 24.4. The summed E-state index contributed by atoms with van der Waals surface area (Å²) in [5.74, 6) is 0. The molecule has 1 aliphatic heterocycles. The number of rotatable bonds is 4. The van der Waals surface area contributed by atoms with Crippen LogP contribution in [0.3, 0.4) is 0 Å². The van der Waals surface area contributed by atoms with Crippen LogP contribution in [0.25, 0.3) is 0 Å². The van der Waals surface area contributed by atoms with Crippen LogP contribution in [0.1, 0.15) is 20.3 Å². The average molecular weight is 245 g/mol. The van der Waals surface area contributed by atoms with Crippen molar-refractivity contribution in [1.29, 1.82) is 0 Å². The minimum Gasteiger partial charge on any atom is -0.598 e. The second kappa shape index (κ2) is 4.48. The number of nitrogens with one attached hydrogen (secondary N) is 1. The maximum Gasteiger partial charge on any atom is 0.415 e. The molecule has 0 bridgehead atoms. The van der Waals surface area contributed by atoms with Gasteiger partial charge in [0.1, 0.15) is 5.25 Å². The van der Waals surface area contributed by atoms with Crippen molar-refractivity contribution in [3.05, 3.63) is 0 Å². The SMILES string of the molecule is CCC(C)[S+]([O-])NC1(C(F)(F)F)COC1. The molecule has 7 heteroatoms. The average Bonchev–Trinajstić information content (AvgIpc) is 2.07. The highest BCUT2D eigenvalue weighted by Gasteiger charge is 2.63. The number of hydrogen-bond acceptors (Lipinski definition) is 3. The summed E-state index contributed by atoms with van der Waals surface area (Å²) in [6.45, 7) is 2.51. The van der Waals surface area contributed by atoms with Crippen LogP contribution < -0.4 is 4.72 Å². The number of ether oxygens (including phenoxy) is 1. The molecule has 0 amide bonds. The minimum atomic E-state index is -4.42. The summed E-state index contributed by atoms with van der Waals surface area (Å²) in [6, 6.07) is 0. The molecule has 2 atom stereocenters. The van der Waals surface area contributed by atoms with Crippen molar-refractivity contribution in [2.45, 2.75) is 37.2 Å². The molecule has 90 valence electrons. The van der Waals surface area contributed by atoms with Crippen molar-refractivity contribution in [3.8, 4) is 0 Å². The van der Waals surface area contributed by atoms with Crippen LogP contribution in [-0.2, 0) is 16.1 Å². The molecule has 0 aromatic rings. The van der Waals surface area contributed by atoms with Gasteiger partial charge < -0.3 is 9.29 Å². The predicted octanol–water partition coefficient (Wildman–Crippen LogP) is 1.37. The quantitative estimate of drug-likeness (QED) is 0.761. The lowest BCUT2D eigenvalue weighted by molar-refractivity contribution is -0.260. The maximum absolute atomic E-state index is 12.6. The zero-order chi connectivity index (χ0) is 11.7. The van der Waals surface area contributed by atoms with Gasteiger partial charge in [-0.25, -0.2) is 0 Å². The van der Waals surface area contributed by atoms with Gasteiger partial charge in [0, 0.05) is 11.4 Å². The van der Waals surface area contributed by atoms with E-state index in [1.165, 1.54) is 0 Å². The molecule has 1 rings (SSSR count). The lowest BCUT2D eigenvalue weighted by Gasteiger charge is -2.42. The molecule has 0 aliphatic carbocycles. The molecule has 0 aromatic carbocycles. The van der Waals surface area contributed by atoms with E-state index in [0.29, 0.717) is 6.42 Å². The van der Waals surface area contributed by atoms with E-state index in [1.807, 2.05) is 0 Å². The van der Waals surface area contributed by atoms with Gasteiger partial charge in [-0.05, 0) is 13.3 Å². The van der Waals surface area contributed by atoms with Gasteiger partial charge in [-0.1, -0.05) is 6.92 Å². The standard InChI is InChI=1S/C8H14F3NO2S/c1-3-6(2)15(13)12-7(4-14-5-7)8(9,10)11/h6,12H,3-5H2,1-2H3. The second-order valence-corrected chi connectivity index (χ2v) is 5.29. The third kappa shape index (κ3) is 2.58. The second-order valence-electron chi connectivity index (χ2n) is 3.69. The summed E-state index contributed by atoms with van der Waals surface area (Å²) in [5.41, 5.74) is -2.11. The Bertz CT molecular complexity index is 220. The highest BCUT2D eigenvalue weighted by molar-refractivity contribution is 7.90. The Labute approximate surface area is 89.7 Å². The van der Waals surface area contributed by atoms with Gasteiger partial charge in [0.2, 0.25) is 5.54 Å². The highest BCUT2D eigenvalue weighted by Crippen LogP contribution is 2.37. The largest absolute Gasteiger partial charge is 0.598 e. The molecule has 3 nitrogen and oxygen atoms in total. The number of halogens is 3. The topological polar surface area (TPSA) is 44.3 Å². The number of hydrogen-bond donors (Lipinski definition) is 1. The van der Waals surface area contributed by atoms with Crippen molar-refractivity contribution in [1.82, 2.24) is 4.72 Å². The Hall–Kier alpha value is 0.0200. The third-order valence-corrected chi connectivity index (χ3v) is 4.13. The minimum absolute atomic E-state index is 0.301. The molecule has 1 N–H and O–H groups in total. The summed E-state index contributed by atoms with van der Waals surface area (Å²) in [7, 11) is 0. The third-order valence-electron chi connectivity index (χ3n) is 2.48. The first kappa shape index (κ1) is 13.1. The van der Waals surface area contributed by atoms with E-state index in [0.717, 1.165) is 0 Å². The fraction of sp³-hybridized carbons (Fsp3) is 1.00. The molecule has 2 unspecified atom stereocenters. The molecule has 0 radical (unpaired) electrons. The highest BCUT2D eigenvalue weighted by atomic mass is 32.2. The van der Waals surface area contributed by atoms with Crippen LogP contribution in [0.15, 0.2) is 0 Å². The van der Waals surface area contributed by atoms with E-state index < -0.39 is 36.3 Å². The van der Waals surface area contributed by atoms with E-state index >= 15 is 0 Å². The molecule has 1 fully saturated rings. The molecular formula is C8H14F3NO2S. The van der Waals surface area contributed by atoms with Crippen molar-refractivity contribution in [2.75, 3.05) is 13.2 Å². The molecule has 15 heavy (non-hydrogen) atoms. The molecular weight excluding hydrogens is 231 g/mol. The van der Waals surface area contributed by atoms with Crippen molar-refractivity contribution in [3.63, 3.8) is 0 Å². The Morgan fingerprint density at radius 2 is 2.07 bits per heavy atom. The van der Waals surface area contributed by atoms with Gasteiger partial charge in [0.25, 0.3) is 0 Å². The lowest BCUT2D eigenvalue weighted by atomic mass is 9.99. The fourth-order valence-electron chi connectivity index (χ4n) is 1.03. The van der Waals surface area contributed by atoms with E-state index in [-0.39, 0.29) is 5.25 Å². The molecule has 0 saturated carbocycles. The van der Waals surface area contributed by atoms with Gasteiger partial charge in [0.15, 0.2) is 0 Å². The molecule has 1 saturated heterocycles. The van der Waals surface area contributed by atoms with Gasteiger partial charge in [0.05, 0.1) is 13.2 Å². The van der Waals surface area contributed by atoms with Crippen molar-refractivity contribution >= 4 is 11.4 Å². The Morgan fingerprint density at radius 3 is 2.33 bits per heavy atom. The molecule has 0 spiro atoms. The first-order chi connectivity index (χ1) is 6.82. The summed E-state index contributed by atoms with van der Waals surface area (Å²) in [4.78, 5) is 0. The van der Waals surface area contributed by atoms with E-state index in [9.17, 15) is 17.7 Å². The Balaban J connectivity index is 2.61. The summed E-state index contributed by atoms with van der Waals surface area (Å²) in [6.07, 6.45) is -3.86. The maximum atomic E-state index is 12.6. The van der Waals surface area contributed by atoms with Crippen LogP contribution in [0.5, 0.6) is 0 Å². The van der Waals surface area contributed by atoms with E-state index in [2.05, 4.69) is 9.46 Å². The molecule has 1 aliphatic rings. The zero-order valence-corrected chi connectivity index (χ0v) is 9.37. The van der Waals surface area contributed by atoms with Crippen molar-refractivity contribution < 1.29 is 22.5 Å². The smallest absolute Gasteiger partial charge is 0.415 e. The van der Waals surface area contributed by atoms with Gasteiger partial charge >= 0.3 is 6.18 Å². The van der Waals surface area contributed by atoms with Gasteiger partial charge in [-0.3, -0.25) is 0 Å². The Kier molecular flexibility index (Phi) is 3.91. The monoisotopic (exact) mass is 245 g/mol.